The summed E-state index contributed by atoms with van der Waals surface area (Å²) < 4.78 is 29.1. The van der Waals surface area contributed by atoms with Crippen molar-refractivity contribution in [3.8, 4) is 11.5 Å². The number of rotatable bonds is 6. The summed E-state index contributed by atoms with van der Waals surface area (Å²) in [6.07, 6.45) is 0. The molecule has 26 heavy (non-hydrogen) atoms. The molecular formula is C20H18FNO4. The van der Waals surface area contributed by atoms with Gasteiger partial charge in [0.25, 0.3) is 0 Å². The number of hydrogen-bond donors (Lipinski definition) is 0. The van der Waals surface area contributed by atoms with Crippen LogP contribution in [0.3, 0.4) is 0 Å². The predicted molar refractivity (Wildman–Crippen MR) is 95.2 cm³/mol. The zero-order valence-electron chi connectivity index (χ0n) is 14.5. The van der Waals surface area contributed by atoms with E-state index >= 15 is 0 Å². The minimum absolute atomic E-state index is 0.103. The van der Waals surface area contributed by atoms with Crippen molar-refractivity contribution in [2.45, 2.75) is 6.92 Å². The third kappa shape index (κ3) is 4.08. The Morgan fingerprint density at radius 3 is 2.50 bits per heavy atom. The Labute approximate surface area is 150 Å². The topological polar surface area (TPSA) is 57.7 Å². The molecule has 0 fully saturated rings. The monoisotopic (exact) mass is 355 g/mol. The van der Waals surface area contributed by atoms with Crippen molar-refractivity contribution in [2.24, 2.45) is 0 Å². The molecule has 0 bridgehead atoms. The van der Waals surface area contributed by atoms with Crippen LogP contribution in [0.5, 0.6) is 11.5 Å². The van der Waals surface area contributed by atoms with Gasteiger partial charge in [-0.3, -0.25) is 4.98 Å². The maximum atomic E-state index is 13.3. The maximum Gasteiger partial charge on any atom is 0.340 e. The molecule has 6 heteroatoms. The molecule has 0 radical (unpaired) electrons. The van der Waals surface area contributed by atoms with E-state index in [2.05, 4.69) is 4.98 Å². The summed E-state index contributed by atoms with van der Waals surface area (Å²) in [5, 5.41) is 0.679. The number of pyridine rings is 1. The molecule has 5 nitrogen and oxygen atoms in total. The lowest BCUT2D eigenvalue weighted by atomic mass is 10.1. The van der Waals surface area contributed by atoms with Gasteiger partial charge in [0.05, 0.1) is 23.9 Å². The number of halogens is 1. The van der Waals surface area contributed by atoms with Crippen LogP contribution in [0.2, 0.25) is 0 Å². The highest BCUT2D eigenvalue weighted by atomic mass is 19.1. The van der Waals surface area contributed by atoms with Crippen LogP contribution in [-0.4, -0.2) is 31.3 Å². The largest absolute Gasteiger partial charge is 0.497 e. The molecule has 0 aliphatic rings. The summed E-state index contributed by atoms with van der Waals surface area (Å²) in [7, 11) is 1.59. The predicted octanol–water partition coefficient (Wildman–Crippen LogP) is 3.93. The molecule has 0 aliphatic carbocycles. The van der Waals surface area contributed by atoms with Gasteiger partial charge in [0.15, 0.2) is 0 Å². The van der Waals surface area contributed by atoms with Gasteiger partial charge in [0, 0.05) is 11.5 Å². The zero-order valence-corrected chi connectivity index (χ0v) is 14.5. The van der Waals surface area contributed by atoms with E-state index in [1.807, 2.05) is 0 Å². The second-order valence-electron chi connectivity index (χ2n) is 5.62. The first-order valence-electron chi connectivity index (χ1n) is 8.08. The minimum Gasteiger partial charge on any atom is -0.497 e. The summed E-state index contributed by atoms with van der Waals surface area (Å²) >= 11 is 0. The number of benzene rings is 2. The Morgan fingerprint density at radius 2 is 1.77 bits per heavy atom. The molecule has 1 aromatic heterocycles. The number of esters is 1. The van der Waals surface area contributed by atoms with Crippen LogP contribution >= 0.6 is 0 Å². The highest BCUT2D eigenvalue weighted by Gasteiger charge is 2.13. The Balaban J connectivity index is 1.58. The fraction of sp³-hybridized carbons (Fsp3) is 0.200. The van der Waals surface area contributed by atoms with Gasteiger partial charge in [-0.05, 0) is 49.4 Å². The molecule has 0 aliphatic heterocycles. The first kappa shape index (κ1) is 17.7. The third-order valence-electron chi connectivity index (χ3n) is 3.83. The first-order chi connectivity index (χ1) is 12.6. The lowest BCUT2D eigenvalue weighted by Crippen LogP contribution is -2.14. The second-order valence-corrected chi connectivity index (χ2v) is 5.62. The van der Waals surface area contributed by atoms with Gasteiger partial charge >= 0.3 is 5.97 Å². The Hall–Kier alpha value is -3.15. The minimum atomic E-state index is -0.487. The van der Waals surface area contributed by atoms with Crippen LogP contribution in [0.15, 0.2) is 48.5 Å². The van der Waals surface area contributed by atoms with Gasteiger partial charge in [-0.2, -0.15) is 0 Å². The number of aryl methyl sites for hydroxylation is 1. The van der Waals surface area contributed by atoms with E-state index in [9.17, 15) is 9.18 Å². The van der Waals surface area contributed by atoms with E-state index in [-0.39, 0.29) is 19.0 Å². The van der Waals surface area contributed by atoms with Gasteiger partial charge < -0.3 is 14.2 Å². The van der Waals surface area contributed by atoms with Crippen molar-refractivity contribution >= 4 is 16.9 Å². The van der Waals surface area contributed by atoms with E-state index < -0.39 is 5.97 Å². The van der Waals surface area contributed by atoms with E-state index in [0.717, 1.165) is 5.75 Å². The smallest absolute Gasteiger partial charge is 0.340 e. The molecule has 0 N–H and O–H groups in total. The third-order valence-corrected chi connectivity index (χ3v) is 3.83. The molecule has 134 valence electrons. The average molecular weight is 355 g/mol. The van der Waals surface area contributed by atoms with Crippen molar-refractivity contribution in [3.63, 3.8) is 0 Å². The number of fused-ring (bicyclic) bond motifs is 1. The van der Waals surface area contributed by atoms with E-state index in [1.165, 1.54) is 12.1 Å². The number of aromatic nitrogens is 1. The first-order valence-corrected chi connectivity index (χ1v) is 8.08. The molecule has 2 aromatic carbocycles. The number of methoxy groups -OCH3 is 1. The number of ether oxygens (including phenoxy) is 3. The van der Waals surface area contributed by atoms with Crippen LogP contribution in [0.4, 0.5) is 4.39 Å². The SMILES string of the molecule is COc1ccc(OCCOC(=O)c2cc3ccc(F)cc3nc2C)cc1. The second kappa shape index (κ2) is 7.82. The maximum absolute atomic E-state index is 13.3. The molecule has 0 saturated heterocycles. The summed E-state index contributed by atoms with van der Waals surface area (Å²) in [5.74, 6) is 0.547. The number of carbonyl (C=O) groups excluding carboxylic acids is 1. The number of hydrogen-bond acceptors (Lipinski definition) is 5. The molecule has 0 atom stereocenters. The van der Waals surface area contributed by atoms with E-state index in [0.29, 0.717) is 27.9 Å². The normalized spacial score (nSPS) is 10.6. The highest BCUT2D eigenvalue weighted by Crippen LogP contribution is 2.19. The van der Waals surface area contributed by atoms with Crippen LogP contribution in [0, 0.1) is 12.7 Å². The molecule has 3 rings (SSSR count). The van der Waals surface area contributed by atoms with E-state index in [1.54, 1.807) is 50.4 Å². The zero-order chi connectivity index (χ0) is 18.5. The average Bonchev–Trinajstić information content (AvgIpc) is 2.65. The van der Waals surface area contributed by atoms with Crippen LogP contribution in [-0.2, 0) is 4.74 Å². The van der Waals surface area contributed by atoms with Crippen LogP contribution in [0.25, 0.3) is 10.9 Å². The molecule has 0 amide bonds. The quantitative estimate of drug-likeness (QED) is 0.495. The van der Waals surface area contributed by atoms with Gasteiger partial charge in [-0.15, -0.1) is 0 Å². The van der Waals surface area contributed by atoms with Crippen LogP contribution in [0.1, 0.15) is 16.1 Å². The fourth-order valence-electron chi connectivity index (χ4n) is 2.49. The Kier molecular flexibility index (Phi) is 5.31. The van der Waals surface area contributed by atoms with Gasteiger partial charge in [-0.25, -0.2) is 9.18 Å². The van der Waals surface area contributed by atoms with Gasteiger partial charge in [0.1, 0.15) is 30.5 Å². The molecule has 3 aromatic rings. The lowest BCUT2D eigenvalue weighted by Gasteiger charge is -2.10. The summed E-state index contributed by atoms with van der Waals surface area (Å²) in [4.78, 5) is 16.5. The molecule has 1 heterocycles. The summed E-state index contributed by atoms with van der Waals surface area (Å²) in [6, 6.07) is 13.0. The van der Waals surface area contributed by atoms with Crippen molar-refractivity contribution in [1.29, 1.82) is 0 Å². The van der Waals surface area contributed by atoms with Crippen LogP contribution < -0.4 is 9.47 Å². The molecule has 0 saturated carbocycles. The van der Waals surface area contributed by atoms with Crippen molar-refractivity contribution < 1.29 is 23.4 Å². The number of carbonyl (C=O) groups is 1. The number of nitrogens with zero attached hydrogens (tertiary/aromatic N) is 1. The molecule has 0 unspecified atom stereocenters. The highest BCUT2D eigenvalue weighted by molar-refractivity contribution is 5.95. The summed E-state index contributed by atoms with van der Waals surface area (Å²) in [6.45, 7) is 2.02. The van der Waals surface area contributed by atoms with Crippen molar-refractivity contribution in [3.05, 3.63) is 65.6 Å². The summed E-state index contributed by atoms with van der Waals surface area (Å²) in [5.41, 5.74) is 1.35. The lowest BCUT2D eigenvalue weighted by molar-refractivity contribution is 0.0449. The Bertz CT molecular complexity index is 925. The van der Waals surface area contributed by atoms with Crippen molar-refractivity contribution in [2.75, 3.05) is 20.3 Å². The van der Waals surface area contributed by atoms with Gasteiger partial charge in [0.2, 0.25) is 0 Å². The van der Waals surface area contributed by atoms with Gasteiger partial charge in [-0.1, -0.05) is 0 Å². The molecular weight excluding hydrogens is 337 g/mol. The standard InChI is InChI=1S/C20H18FNO4/c1-13-18(11-14-3-4-15(21)12-19(14)22-13)20(23)26-10-9-25-17-7-5-16(24-2)6-8-17/h3-8,11-12H,9-10H2,1-2H3. The fourth-order valence-corrected chi connectivity index (χ4v) is 2.49. The Morgan fingerprint density at radius 1 is 1.04 bits per heavy atom. The van der Waals surface area contributed by atoms with Crippen molar-refractivity contribution in [1.82, 2.24) is 4.98 Å². The van der Waals surface area contributed by atoms with E-state index in [4.69, 9.17) is 14.2 Å². The molecule has 0 spiro atoms.